The van der Waals surface area contributed by atoms with E-state index in [1.165, 1.54) is 22.9 Å². The molecule has 4 heteroatoms. The summed E-state index contributed by atoms with van der Waals surface area (Å²) in [6.07, 6.45) is 0. The van der Waals surface area contributed by atoms with Crippen molar-refractivity contribution in [2.75, 3.05) is 5.73 Å². The van der Waals surface area contributed by atoms with Gasteiger partial charge in [0.25, 0.3) is 0 Å². The van der Waals surface area contributed by atoms with Gasteiger partial charge in [-0.3, -0.25) is 0 Å². The molecule has 1 aromatic heterocycles. The lowest BCUT2D eigenvalue weighted by Gasteiger charge is -2.15. The van der Waals surface area contributed by atoms with E-state index in [1.54, 1.807) is 0 Å². The van der Waals surface area contributed by atoms with E-state index in [9.17, 15) is 0 Å². The highest BCUT2D eigenvalue weighted by molar-refractivity contribution is 7.13. The summed E-state index contributed by atoms with van der Waals surface area (Å²) in [4.78, 5) is 4.29. The van der Waals surface area contributed by atoms with Crippen molar-refractivity contribution in [3.05, 3.63) is 35.2 Å². The van der Waals surface area contributed by atoms with E-state index >= 15 is 0 Å². The molecule has 0 bridgehead atoms. The van der Waals surface area contributed by atoms with Gasteiger partial charge in [0, 0.05) is 19.0 Å². The lowest BCUT2D eigenvalue weighted by molar-refractivity contribution is 1.30. The Balaban J connectivity index is 2.19. The molecule has 0 spiro atoms. The van der Waals surface area contributed by atoms with Gasteiger partial charge in [-0.05, 0) is 6.04 Å². The second-order valence-corrected chi connectivity index (χ2v) is 11.9. The number of nitrogens with two attached hydrogens (primary N) is 1. The van der Waals surface area contributed by atoms with Crippen molar-refractivity contribution in [3.8, 4) is 11.3 Å². The van der Waals surface area contributed by atoms with Crippen LogP contribution in [0.25, 0.3) is 11.3 Å². The Bertz CT molecular complexity index is 497. The molecule has 1 heterocycles. The highest BCUT2D eigenvalue weighted by Gasteiger charge is 2.13. The second kappa shape index (κ2) is 4.62. The molecule has 0 saturated heterocycles. The predicted octanol–water partition coefficient (Wildman–Crippen LogP) is 3.81. The summed E-state index contributed by atoms with van der Waals surface area (Å²) < 4.78 is 0. The molecule has 0 unspecified atom stereocenters. The van der Waals surface area contributed by atoms with Crippen LogP contribution < -0.4 is 5.73 Å². The van der Waals surface area contributed by atoms with E-state index in [0.29, 0.717) is 5.13 Å². The van der Waals surface area contributed by atoms with Crippen molar-refractivity contribution in [1.29, 1.82) is 0 Å². The van der Waals surface area contributed by atoms with Crippen LogP contribution in [0.2, 0.25) is 19.6 Å². The highest BCUT2D eigenvalue weighted by atomic mass is 32.1. The zero-order valence-electron chi connectivity index (χ0n) is 10.5. The summed E-state index contributed by atoms with van der Waals surface area (Å²) in [7, 11) is -1.02. The summed E-state index contributed by atoms with van der Waals surface area (Å²) in [5.41, 5.74) is 9.20. The maximum absolute atomic E-state index is 5.64. The lowest BCUT2D eigenvalue weighted by Crippen LogP contribution is -2.23. The predicted molar refractivity (Wildman–Crippen MR) is 79.0 cm³/mol. The van der Waals surface area contributed by atoms with Crippen LogP contribution in [0.3, 0.4) is 0 Å². The third-order valence-electron chi connectivity index (χ3n) is 2.51. The van der Waals surface area contributed by atoms with E-state index in [4.69, 9.17) is 5.73 Å². The van der Waals surface area contributed by atoms with Gasteiger partial charge in [0.1, 0.15) is 0 Å². The van der Waals surface area contributed by atoms with Gasteiger partial charge in [0.2, 0.25) is 0 Å². The first-order valence-corrected chi connectivity index (χ1v) is 10.3. The van der Waals surface area contributed by atoms with E-state index in [1.807, 2.05) is 5.38 Å². The fourth-order valence-corrected chi connectivity index (χ4v) is 3.86. The van der Waals surface area contributed by atoms with Crippen molar-refractivity contribution < 1.29 is 0 Å². The molecular weight excluding hydrogens is 244 g/mol. The molecule has 0 fully saturated rings. The van der Waals surface area contributed by atoms with Crippen LogP contribution >= 0.6 is 11.3 Å². The fourth-order valence-electron chi connectivity index (χ4n) is 1.83. The molecule has 0 radical (unpaired) electrons. The van der Waals surface area contributed by atoms with Crippen molar-refractivity contribution in [3.63, 3.8) is 0 Å². The van der Waals surface area contributed by atoms with Gasteiger partial charge in [-0.2, -0.15) is 0 Å². The Hall–Kier alpha value is -1.13. The Labute approximate surface area is 108 Å². The molecule has 2 nitrogen and oxygen atoms in total. The summed E-state index contributed by atoms with van der Waals surface area (Å²) in [5, 5.41) is 2.63. The van der Waals surface area contributed by atoms with E-state index in [2.05, 4.69) is 48.9 Å². The Morgan fingerprint density at radius 1 is 1.18 bits per heavy atom. The zero-order chi connectivity index (χ0) is 12.5. The third-order valence-corrected chi connectivity index (χ3v) is 4.65. The molecule has 0 saturated carbocycles. The normalized spacial score (nSPS) is 11.7. The maximum atomic E-state index is 5.64. The summed E-state index contributed by atoms with van der Waals surface area (Å²) in [6, 6.07) is 9.94. The van der Waals surface area contributed by atoms with Gasteiger partial charge in [0.05, 0.1) is 5.69 Å². The highest BCUT2D eigenvalue weighted by Crippen LogP contribution is 2.24. The average Bonchev–Trinajstić information content (AvgIpc) is 2.63. The van der Waals surface area contributed by atoms with Crippen LogP contribution in [-0.2, 0) is 6.04 Å². The fraction of sp³-hybridized carbons (Fsp3) is 0.308. The molecule has 90 valence electrons. The van der Waals surface area contributed by atoms with Gasteiger partial charge in [-0.15, -0.1) is 11.3 Å². The van der Waals surface area contributed by atoms with Crippen LogP contribution in [0.4, 0.5) is 5.13 Å². The van der Waals surface area contributed by atoms with Crippen LogP contribution in [0.5, 0.6) is 0 Å². The average molecular weight is 262 g/mol. The number of thiazole rings is 1. The first-order valence-electron chi connectivity index (χ1n) is 5.74. The van der Waals surface area contributed by atoms with Crippen LogP contribution in [0, 0.1) is 0 Å². The topological polar surface area (TPSA) is 38.9 Å². The van der Waals surface area contributed by atoms with Gasteiger partial charge in [-0.1, -0.05) is 49.5 Å². The molecular formula is C13H18N2SSi. The number of nitrogen functional groups attached to an aromatic ring is 1. The minimum Gasteiger partial charge on any atom is -0.375 e. The maximum Gasteiger partial charge on any atom is 0.180 e. The monoisotopic (exact) mass is 262 g/mol. The minimum absolute atomic E-state index is 0.631. The van der Waals surface area contributed by atoms with Crippen LogP contribution in [0.15, 0.2) is 29.6 Å². The smallest absolute Gasteiger partial charge is 0.180 e. The number of rotatable bonds is 3. The number of hydrogen-bond acceptors (Lipinski definition) is 3. The standard InChI is InChI=1S/C13H18N2SSi/c1-17(2,3)9-10-4-6-11(7-5-10)12-8-16-13(14)15-12/h4-8H,9H2,1-3H3,(H2,14,15). The van der Waals surface area contributed by atoms with Crippen molar-refractivity contribution >= 4 is 24.5 Å². The van der Waals surface area contributed by atoms with Crippen molar-refractivity contribution in [2.45, 2.75) is 25.7 Å². The Kier molecular flexibility index (Phi) is 3.35. The van der Waals surface area contributed by atoms with Gasteiger partial charge in [0.15, 0.2) is 5.13 Å². The molecule has 1 aromatic carbocycles. The quantitative estimate of drug-likeness (QED) is 0.854. The molecule has 0 atom stereocenters. The van der Waals surface area contributed by atoms with Gasteiger partial charge >= 0.3 is 0 Å². The van der Waals surface area contributed by atoms with E-state index in [0.717, 1.165) is 11.3 Å². The Morgan fingerprint density at radius 2 is 1.82 bits per heavy atom. The summed E-state index contributed by atoms with van der Waals surface area (Å²) in [5.74, 6) is 0. The van der Waals surface area contributed by atoms with E-state index < -0.39 is 8.07 Å². The van der Waals surface area contributed by atoms with Gasteiger partial charge < -0.3 is 5.73 Å². The summed E-state index contributed by atoms with van der Waals surface area (Å²) in [6.45, 7) is 7.17. The zero-order valence-corrected chi connectivity index (χ0v) is 12.3. The van der Waals surface area contributed by atoms with E-state index in [-0.39, 0.29) is 0 Å². The number of hydrogen-bond donors (Lipinski definition) is 1. The molecule has 17 heavy (non-hydrogen) atoms. The second-order valence-electron chi connectivity index (χ2n) is 5.51. The number of anilines is 1. The molecule has 2 aromatic rings. The number of benzene rings is 1. The van der Waals surface area contributed by atoms with Crippen molar-refractivity contribution in [1.82, 2.24) is 4.98 Å². The van der Waals surface area contributed by atoms with Crippen molar-refractivity contribution in [2.24, 2.45) is 0 Å². The summed E-state index contributed by atoms with van der Waals surface area (Å²) >= 11 is 1.49. The largest absolute Gasteiger partial charge is 0.375 e. The molecule has 0 aliphatic rings. The number of nitrogens with zero attached hydrogens (tertiary/aromatic N) is 1. The Morgan fingerprint density at radius 3 is 2.29 bits per heavy atom. The van der Waals surface area contributed by atoms with Gasteiger partial charge in [-0.25, -0.2) is 4.98 Å². The first kappa shape index (κ1) is 12.3. The molecule has 0 aliphatic carbocycles. The minimum atomic E-state index is -1.02. The van der Waals surface area contributed by atoms with Crippen LogP contribution in [-0.4, -0.2) is 13.1 Å². The van der Waals surface area contributed by atoms with Crippen LogP contribution in [0.1, 0.15) is 5.56 Å². The SMILES string of the molecule is C[Si](C)(C)Cc1ccc(-c2csc(N)n2)cc1. The third kappa shape index (κ3) is 3.41. The first-order chi connectivity index (χ1) is 7.94. The molecule has 0 amide bonds. The number of aromatic nitrogens is 1. The molecule has 2 N–H and O–H groups in total. The lowest BCUT2D eigenvalue weighted by atomic mass is 10.1. The molecule has 2 rings (SSSR count). The molecule has 0 aliphatic heterocycles.